The monoisotopic (exact) mass is 340 g/mol. The van der Waals surface area contributed by atoms with Crippen molar-refractivity contribution < 1.29 is 19.4 Å². The molecule has 0 spiro atoms. The highest BCUT2D eigenvalue weighted by Crippen LogP contribution is 2.25. The van der Waals surface area contributed by atoms with Crippen LogP contribution in [0.3, 0.4) is 0 Å². The van der Waals surface area contributed by atoms with E-state index in [2.05, 4.69) is 4.98 Å². The lowest BCUT2D eigenvalue weighted by molar-refractivity contribution is -0.143. The van der Waals surface area contributed by atoms with Gasteiger partial charge in [0.05, 0.1) is 12.2 Å². The zero-order valence-corrected chi connectivity index (χ0v) is 14.0. The minimum absolute atomic E-state index is 0.250. The van der Waals surface area contributed by atoms with Crippen LogP contribution in [0, 0.1) is 5.92 Å². The third kappa shape index (κ3) is 4.34. The van der Waals surface area contributed by atoms with Gasteiger partial charge in [0, 0.05) is 12.7 Å². The Hall–Kier alpha value is -1.82. The van der Waals surface area contributed by atoms with Crippen LogP contribution in [0.5, 0.6) is 5.88 Å². The first-order chi connectivity index (χ1) is 10.9. The SMILES string of the molecule is CC(C)COc1ncc(C(=O)N2CCCC[C@@H]2C(=O)O)cc1Cl. The van der Waals surface area contributed by atoms with E-state index in [1.807, 2.05) is 13.8 Å². The van der Waals surface area contributed by atoms with E-state index in [0.717, 1.165) is 12.8 Å². The zero-order chi connectivity index (χ0) is 17.0. The molecule has 2 rings (SSSR count). The van der Waals surface area contributed by atoms with Crippen molar-refractivity contribution >= 4 is 23.5 Å². The molecular formula is C16H21ClN2O4. The van der Waals surface area contributed by atoms with Crippen molar-refractivity contribution in [3.05, 3.63) is 22.8 Å². The minimum atomic E-state index is -0.978. The molecule has 126 valence electrons. The van der Waals surface area contributed by atoms with Gasteiger partial charge in [-0.15, -0.1) is 0 Å². The summed E-state index contributed by atoms with van der Waals surface area (Å²) in [7, 11) is 0. The highest BCUT2D eigenvalue weighted by molar-refractivity contribution is 6.32. The van der Waals surface area contributed by atoms with Gasteiger partial charge in [-0.3, -0.25) is 4.79 Å². The number of carboxylic acids is 1. The fourth-order valence-corrected chi connectivity index (χ4v) is 2.71. The highest BCUT2D eigenvalue weighted by Gasteiger charge is 2.32. The van der Waals surface area contributed by atoms with Crippen LogP contribution in [0.25, 0.3) is 0 Å². The van der Waals surface area contributed by atoms with Crippen molar-refractivity contribution in [3.63, 3.8) is 0 Å². The second-order valence-electron chi connectivity index (χ2n) is 6.06. The number of amides is 1. The van der Waals surface area contributed by atoms with Crippen LogP contribution in [0.15, 0.2) is 12.3 Å². The van der Waals surface area contributed by atoms with Gasteiger partial charge in [-0.25, -0.2) is 9.78 Å². The van der Waals surface area contributed by atoms with Gasteiger partial charge in [-0.1, -0.05) is 25.4 Å². The Morgan fingerprint density at radius 1 is 1.48 bits per heavy atom. The molecule has 1 aliphatic rings. The summed E-state index contributed by atoms with van der Waals surface area (Å²) in [5.41, 5.74) is 0.278. The Bertz CT molecular complexity index is 591. The summed E-state index contributed by atoms with van der Waals surface area (Å²) in [5, 5.41) is 9.52. The van der Waals surface area contributed by atoms with E-state index in [4.69, 9.17) is 16.3 Å². The Kier molecular flexibility index (Phi) is 5.82. The molecule has 1 aromatic rings. The molecule has 1 N–H and O–H groups in total. The summed E-state index contributed by atoms with van der Waals surface area (Å²) in [5.74, 6) is -0.722. The van der Waals surface area contributed by atoms with Crippen LogP contribution in [0.4, 0.5) is 0 Å². The first-order valence-electron chi connectivity index (χ1n) is 7.72. The van der Waals surface area contributed by atoms with Gasteiger partial charge in [0.25, 0.3) is 5.91 Å². The molecule has 7 heteroatoms. The molecule has 1 aliphatic heterocycles. The first kappa shape index (κ1) is 17.5. The summed E-state index contributed by atoms with van der Waals surface area (Å²) in [6.07, 6.45) is 3.46. The summed E-state index contributed by atoms with van der Waals surface area (Å²) in [6.45, 7) is 4.93. The lowest BCUT2D eigenvalue weighted by Crippen LogP contribution is -2.48. The number of likely N-dealkylation sites (tertiary alicyclic amines) is 1. The number of hydrogen-bond acceptors (Lipinski definition) is 4. The molecule has 2 heterocycles. The van der Waals surface area contributed by atoms with E-state index in [0.29, 0.717) is 25.5 Å². The number of carbonyl (C=O) groups excluding carboxylic acids is 1. The predicted octanol–water partition coefficient (Wildman–Crippen LogP) is 2.85. The molecule has 0 aromatic carbocycles. The number of pyridine rings is 1. The van der Waals surface area contributed by atoms with Crippen LogP contribution in [-0.4, -0.2) is 46.1 Å². The van der Waals surface area contributed by atoms with Gasteiger partial charge in [-0.2, -0.15) is 0 Å². The molecule has 0 bridgehead atoms. The van der Waals surface area contributed by atoms with Crippen molar-refractivity contribution in [2.75, 3.05) is 13.2 Å². The molecule has 1 aromatic heterocycles. The lowest BCUT2D eigenvalue weighted by Gasteiger charge is -2.32. The van der Waals surface area contributed by atoms with E-state index in [1.165, 1.54) is 17.2 Å². The summed E-state index contributed by atoms with van der Waals surface area (Å²) in [4.78, 5) is 29.4. The molecule has 0 saturated carbocycles. The standard InChI is InChI=1S/C16H21ClN2O4/c1-10(2)9-23-14-12(17)7-11(8-18-14)15(20)19-6-4-3-5-13(19)16(21)22/h7-8,10,13H,3-6,9H2,1-2H3,(H,21,22)/t13-/m1/s1. The normalized spacial score (nSPS) is 18.1. The summed E-state index contributed by atoms with van der Waals surface area (Å²) in [6, 6.07) is 0.701. The summed E-state index contributed by atoms with van der Waals surface area (Å²) >= 11 is 6.12. The van der Waals surface area contributed by atoms with Crippen molar-refractivity contribution in [2.45, 2.75) is 39.2 Å². The van der Waals surface area contributed by atoms with E-state index in [1.54, 1.807) is 0 Å². The molecule has 1 amide bonds. The third-order valence-corrected chi connectivity index (χ3v) is 3.93. The van der Waals surface area contributed by atoms with E-state index in [9.17, 15) is 14.7 Å². The summed E-state index contributed by atoms with van der Waals surface area (Å²) < 4.78 is 5.48. The number of aromatic nitrogens is 1. The van der Waals surface area contributed by atoms with E-state index >= 15 is 0 Å². The minimum Gasteiger partial charge on any atom is -0.480 e. The number of hydrogen-bond donors (Lipinski definition) is 1. The number of aliphatic carboxylic acids is 1. The Morgan fingerprint density at radius 3 is 2.83 bits per heavy atom. The van der Waals surface area contributed by atoms with Gasteiger partial charge < -0.3 is 14.7 Å². The van der Waals surface area contributed by atoms with Crippen LogP contribution >= 0.6 is 11.6 Å². The van der Waals surface area contributed by atoms with Gasteiger partial charge >= 0.3 is 5.97 Å². The maximum Gasteiger partial charge on any atom is 0.326 e. The number of rotatable bonds is 5. The topological polar surface area (TPSA) is 79.7 Å². The number of piperidine rings is 1. The Balaban J connectivity index is 2.15. The molecule has 0 unspecified atom stereocenters. The molecular weight excluding hydrogens is 320 g/mol. The van der Waals surface area contributed by atoms with Gasteiger partial charge in [-0.05, 0) is 31.2 Å². The van der Waals surface area contributed by atoms with Crippen LogP contribution in [-0.2, 0) is 4.79 Å². The Morgan fingerprint density at radius 2 is 2.22 bits per heavy atom. The second kappa shape index (κ2) is 7.64. The van der Waals surface area contributed by atoms with Crippen molar-refractivity contribution in [1.82, 2.24) is 9.88 Å². The molecule has 0 aliphatic carbocycles. The van der Waals surface area contributed by atoms with E-state index in [-0.39, 0.29) is 22.4 Å². The lowest BCUT2D eigenvalue weighted by atomic mass is 10.0. The zero-order valence-electron chi connectivity index (χ0n) is 13.3. The molecule has 1 fully saturated rings. The maximum absolute atomic E-state index is 12.6. The van der Waals surface area contributed by atoms with Crippen LogP contribution in [0.2, 0.25) is 5.02 Å². The van der Waals surface area contributed by atoms with Crippen molar-refractivity contribution in [2.24, 2.45) is 5.92 Å². The van der Waals surface area contributed by atoms with Crippen LogP contribution < -0.4 is 4.74 Å². The molecule has 0 radical (unpaired) electrons. The van der Waals surface area contributed by atoms with Gasteiger partial charge in [0.1, 0.15) is 11.1 Å². The number of carboxylic acid groups (broad SMARTS) is 1. The predicted molar refractivity (Wildman–Crippen MR) is 85.9 cm³/mol. The van der Waals surface area contributed by atoms with Crippen molar-refractivity contribution in [1.29, 1.82) is 0 Å². The number of nitrogens with zero attached hydrogens (tertiary/aromatic N) is 2. The number of ether oxygens (including phenoxy) is 1. The fourth-order valence-electron chi connectivity index (χ4n) is 2.49. The number of carbonyl (C=O) groups is 2. The largest absolute Gasteiger partial charge is 0.480 e. The third-order valence-electron chi connectivity index (χ3n) is 3.66. The van der Waals surface area contributed by atoms with Crippen LogP contribution in [0.1, 0.15) is 43.5 Å². The number of halogens is 1. The van der Waals surface area contributed by atoms with E-state index < -0.39 is 12.0 Å². The van der Waals surface area contributed by atoms with Gasteiger partial charge in [0.2, 0.25) is 5.88 Å². The maximum atomic E-state index is 12.6. The average Bonchev–Trinajstić information content (AvgIpc) is 2.52. The molecule has 1 saturated heterocycles. The fraction of sp³-hybridized carbons (Fsp3) is 0.562. The second-order valence-corrected chi connectivity index (χ2v) is 6.47. The molecule has 1 atom stereocenters. The first-order valence-corrected chi connectivity index (χ1v) is 8.10. The molecule has 6 nitrogen and oxygen atoms in total. The van der Waals surface area contributed by atoms with Crippen molar-refractivity contribution in [3.8, 4) is 5.88 Å². The highest BCUT2D eigenvalue weighted by atomic mass is 35.5. The smallest absolute Gasteiger partial charge is 0.326 e. The quantitative estimate of drug-likeness (QED) is 0.891. The average molecular weight is 341 g/mol. The molecule has 23 heavy (non-hydrogen) atoms. The Labute approximate surface area is 140 Å². The van der Waals surface area contributed by atoms with Gasteiger partial charge in [0.15, 0.2) is 0 Å².